The van der Waals surface area contributed by atoms with E-state index >= 15 is 0 Å². The van der Waals surface area contributed by atoms with Crippen LogP contribution in [0.4, 0.5) is 0 Å². The Morgan fingerprint density at radius 1 is 1.50 bits per heavy atom. The molecule has 0 spiro atoms. The van der Waals surface area contributed by atoms with Gasteiger partial charge < -0.3 is 1.43 Å². The Kier molecular flexibility index (Phi) is 90.0. The van der Waals surface area contributed by atoms with Gasteiger partial charge in [0.1, 0.15) is 0 Å². The fourth-order valence-electron chi connectivity index (χ4n) is 0. The van der Waals surface area contributed by atoms with Gasteiger partial charge in [0.2, 0.25) is 0 Å². The van der Waals surface area contributed by atoms with E-state index in [1.807, 2.05) is 0 Å². The molecule has 0 aliphatic heterocycles. The van der Waals surface area contributed by atoms with Crippen molar-refractivity contribution in [2.45, 2.75) is 0 Å². The summed E-state index contributed by atoms with van der Waals surface area (Å²) >= 11 is 0.500. The van der Waals surface area contributed by atoms with Gasteiger partial charge in [0.05, 0.1) is 0 Å². The maximum atomic E-state index is 8.30. The Hall–Kier alpha value is 1.83. The fourth-order valence-corrected chi connectivity index (χ4v) is 0. The first kappa shape index (κ1) is 17.0. The summed E-state index contributed by atoms with van der Waals surface area (Å²) in [6, 6.07) is 0. The molecule has 0 unspecified atom stereocenters. The minimum atomic E-state index is 0. The van der Waals surface area contributed by atoms with Gasteiger partial charge >= 0.3 is 43.2 Å². The molecule has 0 aromatic heterocycles. The molecule has 0 aliphatic rings. The van der Waals surface area contributed by atoms with Crippen molar-refractivity contribution >= 4 is 0 Å². The second-order valence-corrected chi connectivity index (χ2v) is 0. The molecule has 0 radical (unpaired) electrons. The van der Waals surface area contributed by atoms with Crippen molar-refractivity contribution < 1.29 is 65.6 Å². The van der Waals surface area contributed by atoms with Crippen LogP contribution in [0.25, 0.3) is 0 Å². The van der Waals surface area contributed by atoms with E-state index in [0.29, 0.717) is 21.0 Å². The summed E-state index contributed by atoms with van der Waals surface area (Å²) in [6.07, 6.45) is 0. The summed E-state index contributed by atoms with van der Waals surface area (Å²) in [5.41, 5.74) is 0. The SMILES string of the molecule is [H-].[Li+].[O]=[Nb].[W]. The molecule has 0 saturated heterocycles. The monoisotopic (exact) mass is 301 g/mol. The Morgan fingerprint density at radius 2 is 1.50 bits per heavy atom. The number of hydrogen-bond acceptors (Lipinski definition) is 1. The van der Waals surface area contributed by atoms with E-state index < -0.39 is 0 Å². The second-order valence-electron chi connectivity index (χ2n) is 0. The van der Waals surface area contributed by atoms with Gasteiger partial charge in [0, 0.05) is 21.1 Å². The third-order valence-electron chi connectivity index (χ3n) is 0. The molecule has 19 valence electrons. The average molecular weight is 301 g/mol. The zero-order valence-electron chi connectivity index (χ0n) is 3.26. The van der Waals surface area contributed by atoms with Crippen molar-refractivity contribution in [1.29, 1.82) is 0 Å². The fraction of sp³-hybridized carbons (Fsp3) is 0. The van der Waals surface area contributed by atoms with Crippen molar-refractivity contribution in [3.05, 3.63) is 0 Å². The van der Waals surface area contributed by atoms with E-state index in [0.717, 1.165) is 0 Å². The molecule has 1 nitrogen and oxygen atoms in total. The molecule has 0 rings (SSSR count). The second kappa shape index (κ2) is 21.2. The topological polar surface area (TPSA) is 17.1 Å². The zero-order valence-corrected chi connectivity index (χ0v) is 7.40. The van der Waals surface area contributed by atoms with Crippen LogP contribution in [0.1, 0.15) is 1.43 Å². The predicted molar refractivity (Wildman–Crippen MR) is 1.80 cm³/mol. The van der Waals surface area contributed by atoms with Crippen molar-refractivity contribution in [3.8, 4) is 0 Å². The molecule has 0 saturated carbocycles. The van der Waals surface area contributed by atoms with Gasteiger partial charge in [-0.1, -0.05) is 0 Å². The van der Waals surface area contributed by atoms with Gasteiger partial charge in [0.15, 0.2) is 0 Å². The summed E-state index contributed by atoms with van der Waals surface area (Å²) in [5, 5.41) is 0. The largest absolute Gasteiger partial charge is 0 e. The van der Waals surface area contributed by atoms with Crippen molar-refractivity contribution in [2.24, 2.45) is 0 Å². The molecular formula is HLiNbOW. The average Bonchev–Trinajstić information content (AvgIpc) is 1.00. The van der Waals surface area contributed by atoms with E-state index in [4.69, 9.17) is 3.25 Å². The maximum absolute atomic E-state index is 8.30. The van der Waals surface area contributed by atoms with Crippen molar-refractivity contribution in [1.82, 2.24) is 0 Å². The molecule has 0 fully saturated rings. The first-order valence-electron chi connectivity index (χ1n) is 0.183. The maximum Gasteiger partial charge on any atom is 0 e. The van der Waals surface area contributed by atoms with Crippen molar-refractivity contribution in [2.75, 3.05) is 0 Å². The molecule has 4 heavy (non-hydrogen) atoms. The summed E-state index contributed by atoms with van der Waals surface area (Å²) in [5.74, 6) is 0. The van der Waals surface area contributed by atoms with Gasteiger partial charge in [-0.05, 0) is 0 Å². The van der Waals surface area contributed by atoms with E-state index in [-0.39, 0.29) is 41.4 Å². The van der Waals surface area contributed by atoms with Gasteiger partial charge in [-0.2, -0.15) is 0 Å². The molecular weight excluding hydrogens is 300 g/mol. The smallest absolute Gasteiger partial charge is 0 e. The first-order valence-corrected chi connectivity index (χ1v) is 1.08. The van der Waals surface area contributed by atoms with Gasteiger partial charge in [-0.15, -0.1) is 0 Å². The third kappa shape index (κ3) is 9.16. The summed E-state index contributed by atoms with van der Waals surface area (Å²) in [7, 11) is 0. The minimum absolute atomic E-state index is 0. The molecule has 0 amide bonds. The molecule has 0 aromatic rings. The number of rotatable bonds is 0. The third-order valence-corrected chi connectivity index (χ3v) is 0. The summed E-state index contributed by atoms with van der Waals surface area (Å²) in [6.45, 7) is 0. The molecule has 0 aliphatic carbocycles. The predicted octanol–water partition coefficient (Wildman–Crippen LogP) is -3.01. The molecule has 4 heteroatoms. The zero-order chi connectivity index (χ0) is 2.00. The summed E-state index contributed by atoms with van der Waals surface area (Å²) in [4.78, 5) is 0. The quantitative estimate of drug-likeness (QED) is 0.436. The first-order chi connectivity index (χ1) is 1.00. The normalized spacial score (nSPS) is 0.750. The van der Waals surface area contributed by atoms with Crippen LogP contribution in [0.3, 0.4) is 0 Å². The Balaban J connectivity index is -0.00000000167. The minimum Gasteiger partial charge on any atom is 0 e. The Labute approximate surface area is 65.1 Å². The van der Waals surface area contributed by atoms with Crippen molar-refractivity contribution in [3.63, 3.8) is 0 Å². The van der Waals surface area contributed by atoms with Crippen LogP contribution in [0.5, 0.6) is 0 Å². The summed E-state index contributed by atoms with van der Waals surface area (Å²) < 4.78 is 8.30. The van der Waals surface area contributed by atoms with E-state index in [2.05, 4.69) is 0 Å². The van der Waals surface area contributed by atoms with Crippen LogP contribution in [0.15, 0.2) is 0 Å². The molecule has 0 atom stereocenters. The van der Waals surface area contributed by atoms with Gasteiger partial charge in [-0.3, -0.25) is 0 Å². The van der Waals surface area contributed by atoms with E-state index in [1.54, 1.807) is 0 Å². The molecule has 0 bridgehead atoms. The molecule has 0 heterocycles. The van der Waals surface area contributed by atoms with Crippen LogP contribution in [0.2, 0.25) is 0 Å². The van der Waals surface area contributed by atoms with E-state index in [1.165, 1.54) is 0 Å². The Morgan fingerprint density at radius 3 is 1.50 bits per heavy atom. The van der Waals surface area contributed by atoms with Crippen LogP contribution >= 0.6 is 0 Å². The van der Waals surface area contributed by atoms with Crippen LogP contribution in [0, 0.1) is 0 Å². The molecule has 0 aromatic carbocycles. The van der Waals surface area contributed by atoms with E-state index in [9.17, 15) is 0 Å². The molecule has 0 N–H and O–H groups in total. The Bertz CT molecular complexity index is 11.6. The van der Waals surface area contributed by atoms with Gasteiger partial charge in [-0.25, -0.2) is 0 Å². The van der Waals surface area contributed by atoms with Gasteiger partial charge in [0.25, 0.3) is 0 Å². The van der Waals surface area contributed by atoms with Crippen LogP contribution in [-0.4, -0.2) is 0 Å². The number of hydrogen-bond donors (Lipinski definition) is 0. The van der Waals surface area contributed by atoms with Crippen LogP contribution in [-0.2, 0) is 45.4 Å². The van der Waals surface area contributed by atoms with Crippen LogP contribution < -0.4 is 18.9 Å². The standard InChI is InChI=1S/Li.Nb.O.W.H/q+1;;;;-1.